The highest BCUT2D eigenvalue weighted by Gasteiger charge is 2.52. The summed E-state index contributed by atoms with van der Waals surface area (Å²) in [5.74, 6) is -1.74. The summed E-state index contributed by atoms with van der Waals surface area (Å²) in [4.78, 5) is 0. The van der Waals surface area contributed by atoms with E-state index in [9.17, 15) is 8.78 Å². The number of benzene rings is 1. The second-order valence-corrected chi connectivity index (χ2v) is 5.71. The fourth-order valence-corrected chi connectivity index (χ4v) is 1.89. The minimum atomic E-state index is -0.884. The van der Waals surface area contributed by atoms with Crippen molar-refractivity contribution in [2.24, 2.45) is 0 Å². The molecule has 0 atom stereocenters. The van der Waals surface area contributed by atoms with Crippen LogP contribution in [-0.2, 0) is 9.31 Å². The fourth-order valence-electron chi connectivity index (χ4n) is 1.89. The van der Waals surface area contributed by atoms with Gasteiger partial charge < -0.3 is 9.31 Å². The van der Waals surface area contributed by atoms with Crippen LogP contribution < -0.4 is 5.46 Å². The van der Waals surface area contributed by atoms with E-state index in [4.69, 9.17) is 9.31 Å². The molecule has 1 aliphatic heterocycles. The molecule has 0 unspecified atom stereocenters. The summed E-state index contributed by atoms with van der Waals surface area (Å²) in [6.07, 6.45) is 0. The van der Waals surface area contributed by atoms with Crippen LogP contribution in [0.5, 0.6) is 0 Å². The van der Waals surface area contributed by atoms with Gasteiger partial charge in [-0.2, -0.15) is 0 Å². The van der Waals surface area contributed by atoms with E-state index >= 15 is 0 Å². The molecule has 1 heterocycles. The first kappa shape index (κ1) is 13.5. The van der Waals surface area contributed by atoms with Gasteiger partial charge in [-0.15, -0.1) is 0 Å². The molecule has 0 N–H and O–H groups in total. The molecule has 2 rings (SSSR count). The molecule has 98 valence electrons. The van der Waals surface area contributed by atoms with Gasteiger partial charge in [0, 0.05) is 0 Å². The summed E-state index contributed by atoms with van der Waals surface area (Å²) in [5, 5.41) is 0. The lowest BCUT2D eigenvalue weighted by Gasteiger charge is -2.32. The van der Waals surface area contributed by atoms with Gasteiger partial charge in [0.15, 0.2) is 11.6 Å². The van der Waals surface area contributed by atoms with Gasteiger partial charge in [-0.3, -0.25) is 0 Å². The molecule has 0 aromatic heterocycles. The monoisotopic (exact) mass is 254 g/mol. The first-order valence-electron chi connectivity index (χ1n) is 5.95. The van der Waals surface area contributed by atoms with E-state index in [2.05, 4.69) is 0 Å². The van der Waals surface area contributed by atoms with Crippen LogP contribution in [0.3, 0.4) is 0 Å². The highest BCUT2D eigenvalue weighted by Crippen LogP contribution is 2.36. The Morgan fingerprint density at radius 2 is 1.39 bits per heavy atom. The molecule has 1 aromatic carbocycles. The standard InChI is InChI=1S/C13H17BF2O2/c1-8-6-10(15)11(16)7-9(8)14-17-12(2,3)13(4,5)18-14/h6-7H,1-5H3. The van der Waals surface area contributed by atoms with Gasteiger partial charge in [0.2, 0.25) is 0 Å². The van der Waals surface area contributed by atoms with Crippen molar-refractivity contribution in [2.75, 3.05) is 0 Å². The molecule has 0 aliphatic carbocycles. The minimum Gasteiger partial charge on any atom is -0.399 e. The van der Waals surface area contributed by atoms with E-state index in [1.54, 1.807) is 6.92 Å². The van der Waals surface area contributed by atoms with Crippen molar-refractivity contribution in [1.82, 2.24) is 0 Å². The van der Waals surface area contributed by atoms with Gasteiger partial charge in [0.25, 0.3) is 0 Å². The van der Waals surface area contributed by atoms with Crippen LogP contribution in [0, 0.1) is 18.6 Å². The van der Waals surface area contributed by atoms with Gasteiger partial charge in [-0.05, 0) is 57.8 Å². The Bertz CT molecular complexity index is 470. The molecule has 0 amide bonds. The maximum absolute atomic E-state index is 13.3. The maximum Gasteiger partial charge on any atom is 0.495 e. The minimum absolute atomic E-state index is 0.491. The fraction of sp³-hybridized carbons (Fsp3) is 0.538. The van der Waals surface area contributed by atoms with E-state index in [0.717, 1.165) is 12.1 Å². The van der Waals surface area contributed by atoms with Crippen LogP contribution in [0.15, 0.2) is 12.1 Å². The molecule has 5 heteroatoms. The van der Waals surface area contributed by atoms with Crippen LogP contribution in [0.25, 0.3) is 0 Å². The normalized spacial score (nSPS) is 21.4. The predicted molar refractivity (Wildman–Crippen MR) is 66.8 cm³/mol. The summed E-state index contributed by atoms with van der Waals surface area (Å²) in [5.41, 5.74) is 0.171. The Hall–Kier alpha value is -0.935. The molecular formula is C13H17BF2O2. The number of hydrogen-bond acceptors (Lipinski definition) is 2. The molecule has 0 saturated carbocycles. The second kappa shape index (κ2) is 4.03. The van der Waals surface area contributed by atoms with Crippen molar-refractivity contribution in [3.63, 3.8) is 0 Å². The molecule has 1 saturated heterocycles. The Kier molecular flexibility index (Phi) is 3.02. The Balaban J connectivity index is 2.38. The van der Waals surface area contributed by atoms with E-state index < -0.39 is 30.0 Å². The smallest absolute Gasteiger partial charge is 0.399 e. The van der Waals surface area contributed by atoms with Crippen molar-refractivity contribution in [1.29, 1.82) is 0 Å². The predicted octanol–water partition coefficient (Wildman–Crippen LogP) is 2.57. The lowest BCUT2D eigenvalue weighted by Crippen LogP contribution is -2.41. The second-order valence-electron chi connectivity index (χ2n) is 5.71. The molecule has 18 heavy (non-hydrogen) atoms. The number of rotatable bonds is 1. The number of hydrogen-bond donors (Lipinski definition) is 0. The average molecular weight is 254 g/mol. The summed E-state index contributed by atoms with van der Waals surface area (Å²) in [7, 11) is -0.662. The zero-order valence-corrected chi connectivity index (χ0v) is 11.3. The first-order valence-corrected chi connectivity index (χ1v) is 5.95. The van der Waals surface area contributed by atoms with Crippen molar-refractivity contribution in [2.45, 2.75) is 45.8 Å². The number of aryl methyl sites for hydroxylation is 1. The maximum atomic E-state index is 13.3. The van der Waals surface area contributed by atoms with Crippen LogP contribution >= 0.6 is 0 Å². The molecule has 1 aromatic rings. The van der Waals surface area contributed by atoms with Gasteiger partial charge in [-0.25, -0.2) is 8.78 Å². The van der Waals surface area contributed by atoms with E-state index in [1.807, 2.05) is 27.7 Å². The third-order valence-electron chi connectivity index (χ3n) is 3.82. The van der Waals surface area contributed by atoms with Crippen LogP contribution in [0.2, 0.25) is 0 Å². The largest absolute Gasteiger partial charge is 0.495 e. The molecular weight excluding hydrogens is 237 g/mol. The van der Waals surface area contributed by atoms with Gasteiger partial charge in [0.05, 0.1) is 11.2 Å². The van der Waals surface area contributed by atoms with Crippen molar-refractivity contribution >= 4 is 12.6 Å². The van der Waals surface area contributed by atoms with E-state index in [-0.39, 0.29) is 0 Å². The lowest BCUT2D eigenvalue weighted by atomic mass is 9.76. The quantitative estimate of drug-likeness (QED) is 0.717. The van der Waals surface area contributed by atoms with Crippen LogP contribution in [0.1, 0.15) is 33.3 Å². The Labute approximate surface area is 106 Å². The average Bonchev–Trinajstić information content (AvgIpc) is 2.42. The highest BCUT2D eigenvalue weighted by molar-refractivity contribution is 6.62. The summed E-state index contributed by atoms with van der Waals surface area (Å²) in [6, 6.07) is 2.31. The van der Waals surface area contributed by atoms with Crippen molar-refractivity contribution < 1.29 is 18.1 Å². The highest BCUT2D eigenvalue weighted by atomic mass is 19.2. The summed E-state index contributed by atoms with van der Waals surface area (Å²) in [6.45, 7) is 9.39. The molecule has 0 radical (unpaired) electrons. The van der Waals surface area contributed by atoms with Crippen molar-refractivity contribution in [3.8, 4) is 0 Å². The molecule has 0 spiro atoms. The van der Waals surface area contributed by atoms with Crippen LogP contribution in [-0.4, -0.2) is 18.3 Å². The third-order valence-corrected chi connectivity index (χ3v) is 3.82. The molecule has 2 nitrogen and oxygen atoms in total. The Morgan fingerprint density at radius 3 is 1.89 bits per heavy atom. The lowest BCUT2D eigenvalue weighted by molar-refractivity contribution is 0.00578. The topological polar surface area (TPSA) is 18.5 Å². The molecule has 0 bridgehead atoms. The van der Waals surface area contributed by atoms with E-state index in [1.165, 1.54) is 0 Å². The Morgan fingerprint density at radius 1 is 0.944 bits per heavy atom. The number of halogens is 2. The van der Waals surface area contributed by atoms with Gasteiger partial charge >= 0.3 is 7.12 Å². The van der Waals surface area contributed by atoms with Crippen LogP contribution in [0.4, 0.5) is 8.78 Å². The SMILES string of the molecule is Cc1cc(F)c(F)cc1B1OC(C)(C)C(C)(C)O1. The summed E-state index contributed by atoms with van der Waals surface area (Å²) < 4.78 is 38.0. The summed E-state index contributed by atoms with van der Waals surface area (Å²) >= 11 is 0. The zero-order chi connectivity index (χ0) is 13.7. The molecule has 1 fully saturated rings. The third kappa shape index (κ3) is 2.06. The molecule has 1 aliphatic rings. The van der Waals surface area contributed by atoms with E-state index in [0.29, 0.717) is 11.0 Å². The van der Waals surface area contributed by atoms with Crippen molar-refractivity contribution in [3.05, 3.63) is 29.3 Å². The van der Waals surface area contributed by atoms with Gasteiger partial charge in [0.1, 0.15) is 0 Å². The van der Waals surface area contributed by atoms with Gasteiger partial charge in [-0.1, -0.05) is 0 Å². The zero-order valence-electron chi connectivity index (χ0n) is 11.3. The first-order chi connectivity index (χ1) is 8.14.